The molecule has 1 saturated heterocycles. The average Bonchev–Trinajstić information content (AvgIpc) is 3.20. The highest BCUT2D eigenvalue weighted by molar-refractivity contribution is 7.08. The third-order valence-corrected chi connectivity index (χ3v) is 5.30. The second kappa shape index (κ2) is 9.05. The molecule has 1 aromatic carbocycles. The van der Waals surface area contributed by atoms with Gasteiger partial charge in [0.05, 0.1) is 11.7 Å². The van der Waals surface area contributed by atoms with Gasteiger partial charge in [0.1, 0.15) is 11.6 Å². The molecular weight excluding hydrogens is 372 g/mol. The highest BCUT2D eigenvalue weighted by atomic mass is 32.1. The summed E-state index contributed by atoms with van der Waals surface area (Å²) in [6, 6.07) is 4.67. The van der Waals surface area contributed by atoms with E-state index in [1.807, 2.05) is 16.8 Å². The number of likely N-dealkylation sites (tertiary alicyclic amines) is 1. The molecule has 3 rings (SSSR count). The summed E-state index contributed by atoms with van der Waals surface area (Å²) in [6.07, 6.45) is 3.41. The number of benzene rings is 1. The summed E-state index contributed by atoms with van der Waals surface area (Å²) in [6.45, 7) is 2.16. The van der Waals surface area contributed by atoms with Crippen LogP contribution in [0.3, 0.4) is 0 Å². The van der Waals surface area contributed by atoms with Crippen molar-refractivity contribution in [2.75, 3.05) is 25.0 Å². The Hall–Kier alpha value is -2.32. The second-order valence-corrected chi connectivity index (χ2v) is 7.24. The van der Waals surface area contributed by atoms with E-state index in [1.54, 1.807) is 11.3 Å². The van der Waals surface area contributed by atoms with E-state index in [0.717, 1.165) is 49.7 Å². The predicted octanol–water partition coefficient (Wildman–Crippen LogP) is 3.31. The summed E-state index contributed by atoms with van der Waals surface area (Å²) >= 11 is 1.58. The molecule has 0 bridgehead atoms. The van der Waals surface area contributed by atoms with E-state index in [9.17, 15) is 18.4 Å². The first-order valence-corrected chi connectivity index (χ1v) is 9.79. The van der Waals surface area contributed by atoms with Crippen LogP contribution in [0.25, 0.3) is 0 Å². The third kappa shape index (κ3) is 5.11. The van der Waals surface area contributed by atoms with Crippen molar-refractivity contribution in [2.45, 2.75) is 25.3 Å². The van der Waals surface area contributed by atoms with Crippen LogP contribution in [-0.2, 0) is 9.59 Å². The normalized spacial score (nSPS) is 15.9. The Morgan fingerprint density at radius 1 is 1.11 bits per heavy atom. The molecule has 2 heterocycles. The summed E-state index contributed by atoms with van der Waals surface area (Å²) in [5.74, 6) is -3.41. The molecule has 1 aromatic heterocycles. The van der Waals surface area contributed by atoms with Crippen LogP contribution in [0.1, 0.15) is 30.9 Å². The molecule has 0 saturated carbocycles. The minimum Gasteiger partial charge on any atom is -0.346 e. The van der Waals surface area contributed by atoms with E-state index in [1.165, 1.54) is 6.42 Å². The molecular formula is C19H21F2N3O2S. The van der Waals surface area contributed by atoms with E-state index in [2.05, 4.69) is 15.5 Å². The first-order chi connectivity index (χ1) is 13.0. The number of nitrogens with one attached hydrogen (secondary N) is 2. The highest BCUT2D eigenvalue weighted by Gasteiger charge is 2.24. The Bertz CT molecular complexity index is 792. The van der Waals surface area contributed by atoms with Gasteiger partial charge in [-0.3, -0.25) is 14.5 Å². The van der Waals surface area contributed by atoms with Gasteiger partial charge in [-0.2, -0.15) is 11.3 Å². The van der Waals surface area contributed by atoms with Crippen LogP contribution >= 0.6 is 11.3 Å². The monoisotopic (exact) mass is 393 g/mol. The van der Waals surface area contributed by atoms with Crippen molar-refractivity contribution in [1.82, 2.24) is 10.2 Å². The number of piperidine rings is 1. The minimum atomic E-state index is -1.03. The summed E-state index contributed by atoms with van der Waals surface area (Å²) in [5, 5.41) is 8.74. The molecule has 0 radical (unpaired) electrons. The summed E-state index contributed by atoms with van der Waals surface area (Å²) in [7, 11) is 0. The van der Waals surface area contributed by atoms with Gasteiger partial charge in [-0.1, -0.05) is 6.42 Å². The number of hydrogen-bond donors (Lipinski definition) is 2. The lowest BCUT2D eigenvalue weighted by atomic mass is 10.0. The maximum Gasteiger partial charge on any atom is 0.313 e. The molecule has 5 nitrogen and oxygen atoms in total. The van der Waals surface area contributed by atoms with Crippen molar-refractivity contribution in [2.24, 2.45) is 0 Å². The van der Waals surface area contributed by atoms with Crippen LogP contribution in [-0.4, -0.2) is 36.3 Å². The molecule has 2 aromatic rings. The number of anilines is 1. The van der Waals surface area contributed by atoms with Gasteiger partial charge in [-0.05, 0) is 60.5 Å². The zero-order valence-electron chi connectivity index (χ0n) is 14.7. The first-order valence-electron chi connectivity index (χ1n) is 8.85. The fraction of sp³-hybridized carbons (Fsp3) is 0.368. The Balaban J connectivity index is 1.61. The lowest BCUT2D eigenvalue weighted by Crippen LogP contribution is -2.43. The fourth-order valence-corrected chi connectivity index (χ4v) is 3.90. The molecule has 144 valence electrons. The quantitative estimate of drug-likeness (QED) is 0.767. The van der Waals surface area contributed by atoms with Gasteiger partial charge >= 0.3 is 11.8 Å². The third-order valence-electron chi connectivity index (χ3n) is 4.60. The number of halogens is 2. The zero-order valence-corrected chi connectivity index (χ0v) is 15.5. The van der Waals surface area contributed by atoms with E-state index >= 15 is 0 Å². The lowest BCUT2D eigenvalue weighted by Gasteiger charge is -2.34. The summed E-state index contributed by atoms with van der Waals surface area (Å²) in [5.41, 5.74) is 0.736. The molecule has 2 amide bonds. The van der Waals surface area contributed by atoms with Gasteiger partial charge < -0.3 is 10.6 Å². The molecule has 0 spiro atoms. The zero-order chi connectivity index (χ0) is 19.2. The summed E-state index contributed by atoms with van der Waals surface area (Å²) in [4.78, 5) is 26.5. The molecule has 1 aliphatic heterocycles. The summed E-state index contributed by atoms with van der Waals surface area (Å²) < 4.78 is 26.8. The standard InChI is InChI=1S/C19H21F2N3O2S/c20-14-4-5-15(21)16(10-14)23-19(26)18(25)22-11-17(13-6-9-27-12-13)24-7-2-1-3-8-24/h4-6,9-10,12,17H,1-3,7-8,11H2,(H,22,25)(H,23,26). The van der Waals surface area contributed by atoms with Gasteiger partial charge in [-0.15, -0.1) is 0 Å². The fourth-order valence-electron chi connectivity index (χ4n) is 3.19. The maximum absolute atomic E-state index is 13.6. The number of carbonyl (C=O) groups is 2. The molecule has 1 fully saturated rings. The van der Waals surface area contributed by atoms with Gasteiger partial charge in [0.15, 0.2) is 0 Å². The van der Waals surface area contributed by atoms with Gasteiger partial charge in [0.25, 0.3) is 0 Å². The van der Waals surface area contributed by atoms with E-state index in [4.69, 9.17) is 0 Å². The Morgan fingerprint density at radius 2 is 1.89 bits per heavy atom. The number of amides is 2. The Morgan fingerprint density at radius 3 is 2.59 bits per heavy atom. The largest absolute Gasteiger partial charge is 0.346 e. The number of thiophene rings is 1. The molecule has 0 aliphatic carbocycles. The molecule has 27 heavy (non-hydrogen) atoms. The minimum absolute atomic E-state index is 0.0146. The van der Waals surface area contributed by atoms with Crippen molar-refractivity contribution in [1.29, 1.82) is 0 Å². The van der Waals surface area contributed by atoms with Crippen LogP contribution in [0.4, 0.5) is 14.5 Å². The number of carbonyl (C=O) groups excluding carboxylic acids is 2. The van der Waals surface area contributed by atoms with Crippen LogP contribution in [0.5, 0.6) is 0 Å². The van der Waals surface area contributed by atoms with Crippen molar-refractivity contribution in [3.63, 3.8) is 0 Å². The topological polar surface area (TPSA) is 61.4 Å². The smallest absolute Gasteiger partial charge is 0.313 e. The Kier molecular flexibility index (Phi) is 6.52. The van der Waals surface area contributed by atoms with Crippen LogP contribution in [0.15, 0.2) is 35.0 Å². The average molecular weight is 393 g/mol. The van der Waals surface area contributed by atoms with E-state index < -0.39 is 23.4 Å². The van der Waals surface area contributed by atoms with E-state index in [-0.39, 0.29) is 18.3 Å². The Labute approximate surface area is 160 Å². The van der Waals surface area contributed by atoms with Crippen LogP contribution in [0.2, 0.25) is 0 Å². The SMILES string of the molecule is O=C(NCC(c1ccsc1)N1CCCCC1)C(=O)Nc1cc(F)ccc1F. The molecule has 2 N–H and O–H groups in total. The molecule has 1 aliphatic rings. The van der Waals surface area contributed by atoms with Gasteiger partial charge in [0.2, 0.25) is 0 Å². The molecule has 1 atom stereocenters. The van der Waals surface area contributed by atoms with Crippen molar-refractivity contribution in [3.05, 3.63) is 52.2 Å². The van der Waals surface area contributed by atoms with Crippen molar-refractivity contribution < 1.29 is 18.4 Å². The number of hydrogen-bond acceptors (Lipinski definition) is 4. The second-order valence-electron chi connectivity index (χ2n) is 6.46. The van der Waals surface area contributed by atoms with E-state index in [0.29, 0.717) is 0 Å². The van der Waals surface area contributed by atoms with Crippen LogP contribution in [0, 0.1) is 11.6 Å². The molecule has 1 unspecified atom stereocenters. The predicted molar refractivity (Wildman–Crippen MR) is 100 cm³/mol. The van der Waals surface area contributed by atoms with Gasteiger partial charge in [-0.25, -0.2) is 8.78 Å². The highest BCUT2D eigenvalue weighted by Crippen LogP contribution is 2.25. The van der Waals surface area contributed by atoms with Crippen LogP contribution < -0.4 is 10.6 Å². The first kappa shape index (κ1) is 19.4. The maximum atomic E-state index is 13.6. The number of rotatable bonds is 5. The van der Waals surface area contributed by atoms with Crippen molar-refractivity contribution >= 4 is 28.8 Å². The van der Waals surface area contributed by atoms with Gasteiger partial charge in [0, 0.05) is 12.6 Å². The lowest BCUT2D eigenvalue weighted by molar-refractivity contribution is -0.136. The molecule has 8 heteroatoms. The van der Waals surface area contributed by atoms with Crippen molar-refractivity contribution in [3.8, 4) is 0 Å². The number of nitrogens with zero attached hydrogens (tertiary/aromatic N) is 1.